The number of benzene rings is 1. The molecule has 0 saturated carbocycles. The summed E-state index contributed by atoms with van der Waals surface area (Å²) in [5, 5.41) is 9.78. The van der Waals surface area contributed by atoms with Crippen LogP contribution in [0.1, 0.15) is 13.8 Å². The minimum atomic E-state index is -3.85. The molecule has 0 bridgehead atoms. The van der Waals surface area contributed by atoms with Crippen molar-refractivity contribution in [3.63, 3.8) is 0 Å². The van der Waals surface area contributed by atoms with Gasteiger partial charge in [0, 0.05) is 24.6 Å². The second-order valence-corrected chi connectivity index (χ2v) is 9.38. The van der Waals surface area contributed by atoms with Gasteiger partial charge in [-0.2, -0.15) is 0 Å². The average Bonchev–Trinajstić information content (AvgIpc) is 2.36. The molecule has 130 valence electrons. The number of carbonyl (C=O) groups excluding carboxylic acids is 1. The maximum Gasteiger partial charge on any atom is 0.349 e. The predicted molar refractivity (Wildman–Crippen MR) is 81.0 cm³/mol. The third-order valence-electron chi connectivity index (χ3n) is 2.87. The van der Waals surface area contributed by atoms with Crippen molar-refractivity contribution in [2.45, 2.75) is 29.2 Å². The van der Waals surface area contributed by atoms with Crippen molar-refractivity contribution in [1.29, 1.82) is 0 Å². The third kappa shape index (κ3) is 4.35. The Bertz CT molecular complexity index is 835. The maximum atomic E-state index is 11.8. The molecule has 0 fully saturated rings. The van der Waals surface area contributed by atoms with Gasteiger partial charge < -0.3 is 14.6 Å². The molecule has 0 unspecified atom stereocenters. The van der Waals surface area contributed by atoms with E-state index in [4.69, 9.17) is 4.74 Å². The number of rotatable bonds is 5. The molecule has 1 N–H and O–H groups in total. The number of phenols is 1. The van der Waals surface area contributed by atoms with Crippen LogP contribution in [0.2, 0.25) is 0 Å². The fourth-order valence-electron chi connectivity index (χ4n) is 1.76. The van der Waals surface area contributed by atoms with Gasteiger partial charge in [0.25, 0.3) is 0 Å². The Morgan fingerprint density at radius 1 is 1.04 bits per heavy atom. The molecule has 8 nitrogen and oxygen atoms in total. The fourth-order valence-corrected chi connectivity index (χ4v) is 3.31. The van der Waals surface area contributed by atoms with E-state index in [0.717, 1.165) is 31.8 Å². The van der Waals surface area contributed by atoms with Crippen LogP contribution in [0.25, 0.3) is 0 Å². The fraction of sp³-hybridized carbons (Fsp3) is 0.462. The number of methoxy groups -OCH3 is 1. The summed E-state index contributed by atoms with van der Waals surface area (Å²) in [5.74, 6) is -1.89. The van der Waals surface area contributed by atoms with Crippen LogP contribution >= 0.6 is 0 Å². The van der Waals surface area contributed by atoms with Crippen molar-refractivity contribution in [3.05, 3.63) is 12.1 Å². The summed E-state index contributed by atoms with van der Waals surface area (Å²) in [6, 6.07) is 1.64. The van der Waals surface area contributed by atoms with E-state index in [2.05, 4.69) is 4.74 Å². The lowest BCUT2D eigenvalue weighted by molar-refractivity contribution is -0.156. The summed E-state index contributed by atoms with van der Waals surface area (Å²) in [6.07, 6.45) is 1.71. The van der Waals surface area contributed by atoms with Gasteiger partial charge in [0.15, 0.2) is 25.3 Å². The molecule has 0 saturated heterocycles. The molecule has 1 aromatic rings. The van der Waals surface area contributed by atoms with Gasteiger partial charge in [-0.1, -0.05) is 0 Å². The SMILES string of the molecule is COC(=O)C(C)(C)Oc1cc(S(C)(=O)=O)c(O)cc1S(C)(=O)=O. The molecule has 1 aromatic carbocycles. The second-order valence-electron chi connectivity index (χ2n) is 5.41. The molecular weight excluding hydrogens is 348 g/mol. The summed E-state index contributed by atoms with van der Waals surface area (Å²) in [4.78, 5) is 10.7. The Labute approximate surface area is 134 Å². The van der Waals surface area contributed by atoms with E-state index >= 15 is 0 Å². The summed E-state index contributed by atoms with van der Waals surface area (Å²) in [5.41, 5.74) is -1.57. The number of carbonyl (C=O) groups is 1. The first-order chi connectivity index (χ1) is 10.2. The first-order valence-corrected chi connectivity index (χ1v) is 10.0. The van der Waals surface area contributed by atoms with Gasteiger partial charge >= 0.3 is 5.97 Å². The van der Waals surface area contributed by atoms with Crippen LogP contribution in [-0.2, 0) is 29.2 Å². The van der Waals surface area contributed by atoms with Crippen molar-refractivity contribution in [2.24, 2.45) is 0 Å². The van der Waals surface area contributed by atoms with Gasteiger partial charge in [-0.3, -0.25) is 0 Å². The van der Waals surface area contributed by atoms with Crippen LogP contribution in [0.15, 0.2) is 21.9 Å². The lowest BCUT2D eigenvalue weighted by Crippen LogP contribution is -2.39. The van der Waals surface area contributed by atoms with Crippen molar-refractivity contribution < 1.29 is 36.2 Å². The van der Waals surface area contributed by atoms with Crippen molar-refractivity contribution in [1.82, 2.24) is 0 Å². The monoisotopic (exact) mass is 366 g/mol. The van der Waals surface area contributed by atoms with Gasteiger partial charge in [0.05, 0.1) is 7.11 Å². The normalized spacial score (nSPS) is 12.7. The molecular formula is C13H18O8S2. The van der Waals surface area contributed by atoms with E-state index in [-0.39, 0.29) is 5.75 Å². The minimum Gasteiger partial charge on any atom is -0.507 e. The molecule has 23 heavy (non-hydrogen) atoms. The molecule has 0 radical (unpaired) electrons. The number of aromatic hydroxyl groups is 1. The van der Waals surface area contributed by atoms with E-state index in [1.54, 1.807) is 0 Å². The number of ether oxygens (including phenoxy) is 2. The largest absolute Gasteiger partial charge is 0.507 e. The van der Waals surface area contributed by atoms with Crippen LogP contribution in [0.5, 0.6) is 11.5 Å². The lowest BCUT2D eigenvalue weighted by Gasteiger charge is -2.25. The topological polar surface area (TPSA) is 124 Å². The molecule has 0 heterocycles. The highest BCUT2D eigenvalue weighted by Gasteiger charge is 2.34. The molecule has 0 amide bonds. The average molecular weight is 366 g/mol. The zero-order valence-electron chi connectivity index (χ0n) is 13.3. The van der Waals surface area contributed by atoms with Gasteiger partial charge in [0.2, 0.25) is 0 Å². The molecule has 10 heteroatoms. The standard InChI is InChI=1S/C13H18O8S2/c1-13(2,12(15)20-3)21-9-7-10(22(4,16)17)8(14)6-11(9)23(5,18)19/h6-7,14H,1-5H3. The van der Waals surface area contributed by atoms with E-state index in [1.165, 1.54) is 13.8 Å². The smallest absolute Gasteiger partial charge is 0.349 e. The lowest BCUT2D eigenvalue weighted by atomic mass is 10.1. The molecule has 0 aliphatic heterocycles. The van der Waals surface area contributed by atoms with Crippen LogP contribution in [0.4, 0.5) is 0 Å². The Morgan fingerprint density at radius 2 is 1.52 bits per heavy atom. The highest BCUT2D eigenvalue weighted by atomic mass is 32.2. The predicted octanol–water partition coefficient (Wildman–Crippen LogP) is 0.530. The highest BCUT2D eigenvalue weighted by molar-refractivity contribution is 7.91. The van der Waals surface area contributed by atoms with Crippen molar-refractivity contribution in [2.75, 3.05) is 19.6 Å². The van der Waals surface area contributed by atoms with E-state index < -0.39 is 46.8 Å². The van der Waals surface area contributed by atoms with Crippen LogP contribution < -0.4 is 4.74 Å². The van der Waals surface area contributed by atoms with Gasteiger partial charge in [-0.15, -0.1) is 0 Å². The zero-order valence-corrected chi connectivity index (χ0v) is 14.9. The van der Waals surface area contributed by atoms with E-state index in [0.29, 0.717) is 0 Å². The van der Waals surface area contributed by atoms with E-state index in [9.17, 15) is 26.7 Å². The number of hydrogen-bond acceptors (Lipinski definition) is 8. The summed E-state index contributed by atoms with van der Waals surface area (Å²) >= 11 is 0. The maximum absolute atomic E-state index is 11.8. The van der Waals surface area contributed by atoms with E-state index in [1.807, 2.05) is 0 Å². The Morgan fingerprint density at radius 3 is 1.91 bits per heavy atom. The molecule has 0 spiro atoms. The van der Waals surface area contributed by atoms with Crippen LogP contribution in [-0.4, -0.2) is 53.1 Å². The quantitative estimate of drug-likeness (QED) is 0.748. The Hall–Kier alpha value is -1.81. The molecule has 0 aliphatic rings. The zero-order chi connectivity index (χ0) is 18.2. The summed E-state index contributed by atoms with van der Waals surface area (Å²) < 4.78 is 56.9. The van der Waals surface area contributed by atoms with Crippen LogP contribution in [0, 0.1) is 0 Å². The molecule has 0 aromatic heterocycles. The minimum absolute atomic E-state index is 0.374. The number of hydrogen-bond donors (Lipinski definition) is 1. The van der Waals surface area contributed by atoms with Gasteiger partial charge in [0.1, 0.15) is 21.3 Å². The van der Waals surface area contributed by atoms with Crippen LogP contribution in [0.3, 0.4) is 0 Å². The van der Waals surface area contributed by atoms with Crippen molar-refractivity contribution >= 4 is 25.6 Å². The van der Waals surface area contributed by atoms with Crippen molar-refractivity contribution in [3.8, 4) is 11.5 Å². The summed E-state index contributed by atoms with van der Waals surface area (Å²) in [6.45, 7) is 2.66. The molecule has 0 aliphatic carbocycles. The van der Waals surface area contributed by atoms with Gasteiger partial charge in [-0.05, 0) is 13.8 Å². The Kier molecular flexibility index (Phi) is 5.02. The number of phenolic OH excluding ortho intramolecular Hbond substituents is 1. The molecule has 1 rings (SSSR count). The Balaban J connectivity index is 3.65. The summed E-state index contributed by atoms with van der Waals surface area (Å²) in [7, 11) is -6.57. The highest BCUT2D eigenvalue weighted by Crippen LogP contribution is 2.36. The number of esters is 1. The first-order valence-electron chi connectivity index (χ1n) is 6.24. The number of sulfone groups is 2. The third-order valence-corrected chi connectivity index (χ3v) is 5.11. The molecule has 0 atom stereocenters. The first kappa shape index (κ1) is 19.2. The van der Waals surface area contributed by atoms with Gasteiger partial charge in [-0.25, -0.2) is 21.6 Å². The second kappa shape index (κ2) is 6.00.